The lowest BCUT2D eigenvalue weighted by Crippen LogP contribution is -2.31. The monoisotopic (exact) mass is 459 g/mol. The van der Waals surface area contributed by atoms with Crippen LogP contribution in [0.5, 0.6) is 0 Å². The number of aromatic amines is 1. The highest BCUT2D eigenvalue weighted by atomic mass is 79.9. The molecule has 142 valence electrons. The number of thioether (sulfide) groups is 1. The standard InChI is InChI=1S/C20H15BrFN3O2S/c21-13-7-5-11(6-8-13)14-9-16(26)23-18-17(14)19(27)25-20(24-18)28-10-12-3-1-2-4-15(12)22/h1-8,14H,9-10H2,(H2,23,24,25,26,27). The summed E-state index contributed by atoms with van der Waals surface area (Å²) in [5.41, 5.74) is 1.54. The number of amides is 1. The van der Waals surface area contributed by atoms with Gasteiger partial charge in [-0.05, 0) is 29.3 Å². The Hall–Kier alpha value is -2.45. The molecule has 1 aliphatic rings. The van der Waals surface area contributed by atoms with Gasteiger partial charge in [0.15, 0.2) is 5.16 Å². The van der Waals surface area contributed by atoms with Gasteiger partial charge in [0.1, 0.15) is 11.6 Å². The van der Waals surface area contributed by atoms with Crippen molar-refractivity contribution >= 4 is 39.4 Å². The predicted octanol–water partition coefficient (Wildman–Crippen LogP) is 4.44. The molecule has 1 atom stereocenters. The van der Waals surface area contributed by atoms with Gasteiger partial charge in [0.25, 0.3) is 5.56 Å². The summed E-state index contributed by atoms with van der Waals surface area (Å²) in [5.74, 6) is -0.275. The van der Waals surface area contributed by atoms with Gasteiger partial charge in [-0.25, -0.2) is 9.37 Å². The Balaban J connectivity index is 1.66. The van der Waals surface area contributed by atoms with E-state index in [1.54, 1.807) is 18.2 Å². The summed E-state index contributed by atoms with van der Waals surface area (Å²) in [4.78, 5) is 32.1. The summed E-state index contributed by atoms with van der Waals surface area (Å²) >= 11 is 4.60. The van der Waals surface area contributed by atoms with E-state index in [2.05, 4.69) is 31.2 Å². The third-order valence-corrected chi connectivity index (χ3v) is 5.97. The minimum Gasteiger partial charge on any atom is -0.310 e. The Morgan fingerprint density at radius 2 is 1.89 bits per heavy atom. The number of hydrogen-bond acceptors (Lipinski definition) is 4. The van der Waals surface area contributed by atoms with E-state index in [9.17, 15) is 14.0 Å². The first-order chi connectivity index (χ1) is 13.5. The third-order valence-electron chi connectivity index (χ3n) is 4.52. The lowest BCUT2D eigenvalue weighted by molar-refractivity contribution is -0.116. The van der Waals surface area contributed by atoms with E-state index in [0.29, 0.717) is 22.0 Å². The van der Waals surface area contributed by atoms with Gasteiger partial charge < -0.3 is 10.3 Å². The number of benzene rings is 2. The number of fused-ring (bicyclic) bond motifs is 1. The Labute approximate surface area is 172 Å². The first-order valence-electron chi connectivity index (χ1n) is 8.57. The number of rotatable bonds is 4. The first kappa shape index (κ1) is 18.9. The molecule has 2 heterocycles. The molecule has 2 N–H and O–H groups in total. The smallest absolute Gasteiger partial charge is 0.257 e. The Bertz CT molecular complexity index is 1100. The van der Waals surface area contributed by atoms with Crippen LogP contribution in [0.3, 0.4) is 0 Å². The second-order valence-electron chi connectivity index (χ2n) is 6.37. The number of H-pyrrole nitrogens is 1. The maximum atomic E-state index is 13.8. The zero-order chi connectivity index (χ0) is 19.7. The van der Waals surface area contributed by atoms with Gasteiger partial charge >= 0.3 is 0 Å². The van der Waals surface area contributed by atoms with Crippen molar-refractivity contribution in [2.45, 2.75) is 23.2 Å². The highest BCUT2D eigenvalue weighted by molar-refractivity contribution is 9.10. The van der Waals surface area contributed by atoms with Crippen molar-refractivity contribution in [2.75, 3.05) is 5.32 Å². The molecule has 1 amide bonds. The van der Waals surface area contributed by atoms with Gasteiger partial charge in [-0.15, -0.1) is 0 Å². The molecule has 1 aliphatic heterocycles. The number of nitrogens with zero attached hydrogens (tertiary/aromatic N) is 1. The molecule has 0 saturated heterocycles. The molecule has 8 heteroatoms. The van der Waals surface area contributed by atoms with Crippen molar-refractivity contribution in [3.05, 3.63) is 85.9 Å². The number of carbonyl (C=O) groups is 1. The molecule has 1 aromatic heterocycles. The fourth-order valence-electron chi connectivity index (χ4n) is 3.16. The van der Waals surface area contributed by atoms with Crippen LogP contribution >= 0.6 is 27.7 Å². The molecule has 0 saturated carbocycles. The van der Waals surface area contributed by atoms with Gasteiger partial charge in [-0.2, -0.15) is 0 Å². The second kappa shape index (κ2) is 7.89. The first-order valence-corrected chi connectivity index (χ1v) is 10.3. The molecule has 28 heavy (non-hydrogen) atoms. The molecule has 0 radical (unpaired) electrons. The number of hydrogen-bond donors (Lipinski definition) is 2. The van der Waals surface area contributed by atoms with Crippen LogP contribution in [-0.4, -0.2) is 15.9 Å². The summed E-state index contributed by atoms with van der Waals surface area (Å²) in [6.45, 7) is 0. The van der Waals surface area contributed by atoms with Crippen molar-refractivity contribution in [3.8, 4) is 0 Å². The van der Waals surface area contributed by atoms with Gasteiger partial charge in [-0.1, -0.05) is 58.0 Å². The van der Waals surface area contributed by atoms with Crippen LogP contribution in [0.25, 0.3) is 0 Å². The average Bonchev–Trinajstić information content (AvgIpc) is 2.67. The van der Waals surface area contributed by atoms with Crippen LogP contribution in [0.15, 0.2) is 63.0 Å². The number of aromatic nitrogens is 2. The van der Waals surface area contributed by atoms with E-state index < -0.39 is 0 Å². The van der Waals surface area contributed by atoms with Gasteiger partial charge in [0, 0.05) is 22.6 Å². The largest absolute Gasteiger partial charge is 0.310 e. The highest BCUT2D eigenvalue weighted by Crippen LogP contribution is 2.35. The molecule has 3 aromatic rings. The number of nitrogens with one attached hydrogen (secondary N) is 2. The van der Waals surface area contributed by atoms with Crippen LogP contribution in [-0.2, 0) is 10.5 Å². The highest BCUT2D eigenvalue weighted by Gasteiger charge is 2.30. The van der Waals surface area contributed by atoms with Crippen LogP contribution in [0.4, 0.5) is 10.2 Å². The molecule has 0 spiro atoms. The Kier molecular flexibility index (Phi) is 5.32. The normalized spacial score (nSPS) is 15.8. The molecule has 0 aliphatic carbocycles. The van der Waals surface area contributed by atoms with Crippen molar-refractivity contribution < 1.29 is 9.18 Å². The Morgan fingerprint density at radius 3 is 2.64 bits per heavy atom. The lowest BCUT2D eigenvalue weighted by atomic mass is 9.87. The minimum absolute atomic E-state index is 0.182. The van der Waals surface area contributed by atoms with Crippen molar-refractivity contribution in [2.24, 2.45) is 0 Å². The van der Waals surface area contributed by atoms with Crippen molar-refractivity contribution in [1.29, 1.82) is 0 Å². The number of halogens is 2. The second-order valence-corrected chi connectivity index (χ2v) is 8.25. The zero-order valence-corrected chi connectivity index (χ0v) is 16.9. The van der Waals surface area contributed by atoms with Crippen molar-refractivity contribution in [3.63, 3.8) is 0 Å². The van der Waals surface area contributed by atoms with Gasteiger partial charge in [0.05, 0.1) is 5.56 Å². The maximum Gasteiger partial charge on any atom is 0.257 e. The third kappa shape index (κ3) is 3.88. The van der Waals surface area contributed by atoms with Gasteiger partial charge in [-0.3, -0.25) is 9.59 Å². The topological polar surface area (TPSA) is 74.8 Å². The SMILES string of the molecule is O=C1CC(c2ccc(Br)cc2)c2c(nc(SCc3ccccc3F)[nH]c2=O)N1. The summed E-state index contributed by atoms with van der Waals surface area (Å²) in [7, 11) is 0. The summed E-state index contributed by atoms with van der Waals surface area (Å²) < 4.78 is 14.7. The quantitative estimate of drug-likeness (QED) is 0.446. The molecule has 4 rings (SSSR count). The molecule has 0 bridgehead atoms. The molecule has 2 aromatic carbocycles. The zero-order valence-electron chi connectivity index (χ0n) is 14.5. The lowest BCUT2D eigenvalue weighted by Gasteiger charge is -2.24. The average molecular weight is 460 g/mol. The Morgan fingerprint density at radius 1 is 1.14 bits per heavy atom. The molecule has 1 unspecified atom stereocenters. The van der Waals surface area contributed by atoms with E-state index >= 15 is 0 Å². The maximum absolute atomic E-state index is 13.8. The molecule has 5 nitrogen and oxygen atoms in total. The fraction of sp³-hybridized carbons (Fsp3) is 0.150. The van der Waals surface area contributed by atoms with E-state index in [1.165, 1.54) is 17.8 Å². The number of anilines is 1. The molecule has 0 fully saturated rings. The molecular formula is C20H15BrFN3O2S. The summed E-state index contributed by atoms with van der Waals surface area (Å²) in [6, 6.07) is 14.0. The minimum atomic E-state index is -0.362. The van der Waals surface area contributed by atoms with E-state index in [4.69, 9.17) is 0 Å². The number of carbonyl (C=O) groups excluding carboxylic acids is 1. The van der Waals surface area contributed by atoms with Crippen LogP contribution in [0.2, 0.25) is 0 Å². The van der Waals surface area contributed by atoms with E-state index in [0.717, 1.165) is 10.0 Å². The van der Waals surface area contributed by atoms with E-state index in [-0.39, 0.29) is 35.4 Å². The van der Waals surface area contributed by atoms with Crippen LogP contribution in [0, 0.1) is 5.82 Å². The summed E-state index contributed by atoms with van der Waals surface area (Å²) in [5, 5.41) is 3.03. The van der Waals surface area contributed by atoms with Crippen LogP contribution in [0.1, 0.15) is 29.0 Å². The predicted molar refractivity (Wildman–Crippen MR) is 110 cm³/mol. The van der Waals surface area contributed by atoms with Gasteiger partial charge in [0.2, 0.25) is 5.91 Å². The summed E-state index contributed by atoms with van der Waals surface area (Å²) in [6.07, 6.45) is 0.182. The van der Waals surface area contributed by atoms with Crippen LogP contribution < -0.4 is 10.9 Å². The van der Waals surface area contributed by atoms with E-state index in [1.807, 2.05) is 24.3 Å². The fourth-order valence-corrected chi connectivity index (χ4v) is 4.27. The van der Waals surface area contributed by atoms with Crippen molar-refractivity contribution in [1.82, 2.24) is 9.97 Å². The molecular weight excluding hydrogens is 445 g/mol.